The number of rotatable bonds is 5. The predicted molar refractivity (Wildman–Crippen MR) is 135 cm³/mol. The Hall–Kier alpha value is -4.56. The number of likely N-dealkylation sites (N-methyl/N-ethyl adjacent to an activating group) is 1. The van der Waals surface area contributed by atoms with E-state index in [2.05, 4.69) is 30.1 Å². The molecule has 0 unspecified atom stereocenters. The van der Waals surface area contributed by atoms with Crippen LogP contribution in [0.1, 0.15) is 21.4 Å². The standard InChI is InChI=1S/C25H25N9O2/c1-16-11-21(26-2)28-14-19(16)36-22-12-18(23-24(31-22)33(4)15-29-23)30-20-6-5-17(13-27-20)25(35)34-9-7-32(3)8-10-34/h5-6,11-15H,7-10H2,1,3-4H3,(H,27,30,31)/i9D2,10D2. The van der Waals surface area contributed by atoms with Gasteiger partial charge in [-0.25, -0.2) is 9.97 Å². The SMILES string of the molecule is [2H]C1([2H])CN(C)CC([2H])([2H])N1C(=O)c1ccc(Nc2cc(Oc3cnc([N+]#[C-])cc3C)nc3c2ncn3C)nc1. The summed E-state index contributed by atoms with van der Waals surface area (Å²) in [5.41, 5.74) is 2.39. The lowest BCUT2D eigenvalue weighted by atomic mass is 10.2. The van der Waals surface area contributed by atoms with Crippen LogP contribution in [-0.2, 0) is 7.05 Å². The third-order valence-electron chi connectivity index (χ3n) is 5.50. The number of pyridine rings is 3. The Bertz CT molecular complexity index is 1630. The Morgan fingerprint density at radius 3 is 2.67 bits per heavy atom. The minimum Gasteiger partial charge on any atom is -0.435 e. The van der Waals surface area contributed by atoms with Crippen LogP contribution < -0.4 is 10.1 Å². The van der Waals surface area contributed by atoms with E-state index < -0.39 is 18.9 Å². The van der Waals surface area contributed by atoms with Crippen LogP contribution >= 0.6 is 0 Å². The zero-order valence-electron chi connectivity index (χ0n) is 23.8. The van der Waals surface area contributed by atoms with Crippen LogP contribution in [0.3, 0.4) is 0 Å². The summed E-state index contributed by atoms with van der Waals surface area (Å²) in [4.78, 5) is 36.0. The molecule has 1 N–H and O–H groups in total. The van der Waals surface area contributed by atoms with E-state index in [-0.39, 0.29) is 30.4 Å². The summed E-state index contributed by atoms with van der Waals surface area (Å²) >= 11 is 0. The zero-order chi connectivity index (χ0) is 28.8. The number of piperazine rings is 1. The number of hydrogen-bond acceptors (Lipinski definition) is 8. The van der Waals surface area contributed by atoms with Crippen LogP contribution in [-0.4, -0.2) is 73.3 Å². The second-order valence-electron chi connectivity index (χ2n) is 8.24. The van der Waals surface area contributed by atoms with Gasteiger partial charge < -0.3 is 29.3 Å². The average molecular weight is 488 g/mol. The maximum atomic E-state index is 13.2. The third-order valence-corrected chi connectivity index (χ3v) is 5.50. The number of carbonyl (C=O) groups is 1. The van der Waals surface area contributed by atoms with Crippen molar-refractivity contribution in [2.24, 2.45) is 7.05 Å². The molecule has 11 heteroatoms. The first kappa shape index (κ1) is 18.7. The number of ether oxygens (including phenoxy) is 1. The number of imidazole rings is 1. The molecule has 4 aromatic rings. The van der Waals surface area contributed by atoms with Crippen molar-refractivity contribution in [1.29, 1.82) is 0 Å². The van der Waals surface area contributed by atoms with Gasteiger partial charge in [0.05, 0.1) is 23.1 Å². The molecular formula is C25H25N9O2. The number of nitrogens with one attached hydrogen (secondary N) is 1. The first-order chi connectivity index (χ1) is 18.9. The summed E-state index contributed by atoms with van der Waals surface area (Å²) < 4.78 is 40.8. The molecule has 0 atom stereocenters. The Balaban J connectivity index is 1.42. The van der Waals surface area contributed by atoms with Gasteiger partial charge in [-0.1, -0.05) is 6.57 Å². The van der Waals surface area contributed by atoms with E-state index >= 15 is 0 Å². The fraction of sp³-hybridized carbons (Fsp3) is 0.280. The van der Waals surface area contributed by atoms with Crippen LogP contribution in [0.5, 0.6) is 11.6 Å². The molecule has 11 nitrogen and oxygen atoms in total. The van der Waals surface area contributed by atoms with E-state index in [1.54, 1.807) is 50.1 Å². The number of amides is 1. The van der Waals surface area contributed by atoms with Gasteiger partial charge in [-0.05, 0) is 37.7 Å². The van der Waals surface area contributed by atoms with Gasteiger partial charge in [0.2, 0.25) is 5.88 Å². The van der Waals surface area contributed by atoms with Crippen molar-refractivity contribution >= 4 is 34.4 Å². The highest BCUT2D eigenvalue weighted by Gasteiger charge is 2.21. The fourth-order valence-electron chi connectivity index (χ4n) is 3.53. The minimum absolute atomic E-state index is 0.0513. The van der Waals surface area contributed by atoms with Gasteiger partial charge in [0, 0.05) is 45.4 Å². The third kappa shape index (κ3) is 4.67. The maximum Gasteiger partial charge on any atom is 0.269 e. The fourth-order valence-corrected chi connectivity index (χ4v) is 3.53. The van der Waals surface area contributed by atoms with Crippen LogP contribution in [0, 0.1) is 13.5 Å². The number of carbonyl (C=O) groups excluding carboxylic acids is 1. The highest BCUT2D eigenvalue weighted by atomic mass is 16.5. The second kappa shape index (κ2) is 9.59. The van der Waals surface area contributed by atoms with Gasteiger partial charge in [0.25, 0.3) is 11.7 Å². The van der Waals surface area contributed by atoms with Crippen LogP contribution in [0.2, 0.25) is 0 Å². The molecule has 0 bridgehead atoms. The smallest absolute Gasteiger partial charge is 0.269 e. The highest BCUT2D eigenvalue weighted by molar-refractivity contribution is 5.94. The number of aryl methyl sites for hydroxylation is 2. The average Bonchev–Trinajstić information content (AvgIpc) is 3.24. The molecule has 1 aliphatic heterocycles. The Morgan fingerprint density at radius 2 is 1.97 bits per heavy atom. The number of anilines is 2. The zero-order valence-corrected chi connectivity index (χ0v) is 19.8. The van der Waals surface area contributed by atoms with Crippen molar-refractivity contribution in [1.82, 2.24) is 34.3 Å². The lowest BCUT2D eigenvalue weighted by Gasteiger charge is -2.32. The van der Waals surface area contributed by atoms with Crippen molar-refractivity contribution in [3.8, 4) is 11.6 Å². The van der Waals surface area contributed by atoms with Gasteiger partial charge in [-0.3, -0.25) is 4.79 Å². The van der Waals surface area contributed by atoms with Crippen LogP contribution in [0.25, 0.3) is 16.0 Å². The topological polar surface area (TPSA) is 106 Å². The lowest BCUT2D eigenvalue weighted by Crippen LogP contribution is -2.47. The summed E-state index contributed by atoms with van der Waals surface area (Å²) in [7, 11) is 3.40. The Kier molecular flexibility index (Phi) is 4.99. The van der Waals surface area contributed by atoms with Gasteiger partial charge in [-0.2, -0.15) is 4.98 Å². The summed E-state index contributed by atoms with van der Waals surface area (Å²) in [5.74, 6) is 0.531. The normalized spacial score (nSPS) is 18.4. The molecule has 0 saturated carbocycles. The molecule has 0 radical (unpaired) electrons. The van der Waals surface area contributed by atoms with Gasteiger partial charge in [0.15, 0.2) is 17.6 Å². The predicted octanol–water partition coefficient (Wildman–Crippen LogP) is 3.54. The monoisotopic (exact) mass is 487 g/mol. The van der Waals surface area contributed by atoms with Gasteiger partial charge >= 0.3 is 0 Å². The number of hydrogen-bond donors (Lipinski definition) is 1. The van der Waals surface area contributed by atoms with Gasteiger partial charge in [-0.15, -0.1) is 4.98 Å². The van der Waals surface area contributed by atoms with E-state index in [4.69, 9.17) is 16.8 Å². The van der Waals surface area contributed by atoms with Crippen molar-refractivity contribution in [3.05, 3.63) is 65.5 Å². The van der Waals surface area contributed by atoms with Gasteiger partial charge in [0.1, 0.15) is 11.3 Å². The molecule has 4 aromatic heterocycles. The van der Waals surface area contributed by atoms with Crippen molar-refractivity contribution in [3.63, 3.8) is 0 Å². The molecule has 5 rings (SSSR count). The minimum atomic E-state index is -2.20. The molecule has 5 heterocycles. The molecule has 0 aromatic carbocycles. The molecular weight excluding hydrogens is 458 g/mol. The summed E-state index contributed by atoms with van der Waals surface area (Å²) in [6, 6.07) is 6.27. The van der Waals surface area contributed by atoms with Crippen LogP contribution in [0.15, 0.2) is 43.0 Å². The summed E-state index contributed by atoms with van der Waals surface area (Å²) in [6.45, 7) is 4.30. The summed E-state index contributed by atoms with van der Waals surface area (Å²) in [6.07, 6.45) is 4.35. The molecule has 0 aliphatic carbocycles. The highest BCUT2D eigenvalue weighted by Crippen LogP contribution is 2.31. The van der Waals surface area contributed by atoms with Crippen molar-refractivity contribution in [2.75, 3.05) is 38.4 Å². The van der Waals surface area contributed by atoms with E-state index in [0.717, 1.165) is 5.56 Å². The van der Waals surface area contributed by atoms with E-state index in [1.807, 2.05) is 0 Å². The van der Waals surface area contributed by atoms with E-state index in [0.29, 0.717) is 33.3 Å². The number of aromatic nitrogens is 5. The largest absolute Gasteiger partial charge is 0.435 e. The summed E-state index contributed by atoms with van der Waals surface area (Å²) in [5, 5.41) is 3.16. The molecule has 1 saturated heterocycles. The van der Waals surface area contributed by atoms with E-state index in [1.165, 1.54) is 23.4 Å². The van der Waals surface area contributed by atoms with Crippen LogP contribution in [0.4, 0.5) is 17.3 Å². The first-order valence-electron chi connectivity index (χ1n) is 13.0. The number of fused-ring (bicyclic) bond motifs is 1. The van der Waals surface area contributed by atoms with E-state index in [9.17, 15) is 4.79 Å². The Labute approximate surface area is 213 Å². The number of nitrogens with zero attached hydrogens (tertiary/aromatic N) is 8. The lowest BCUT2D eigenvalue weighted by molar-refractivity contribution is 0.0663. The molecule has 1 aliphatic rings. The maximum absolute atomic E-state index is 13.2. The molecule has 1 fully saturated rings. The first-order valence-corrected chi connectivity index (χ1v) is 11.0. The molecule has 36 heavy (non-hydrogen) atoms. The Morgan fingerprint density at radius 1 is 1.17 bits per heavy atom. The second-order valence-corrected chi connectivity index (χ2v) is 8.24. The van der Waals surface area contributed by atoms with Crippen molar-refractivity contribution in [2.45, 2.75) is 6.92 Å². The van der Waals surface area contributed by atoms with Crippen molar-refractivity contribution < 1.29 is 15.0 Å². The quantitative estimate of drug-likeness (QED) is 0.426. The molecule has 182 valence electrons. The molecule has 0 spiro atoms. The molecule has 1 amide bonds.